The molecule has 0 aromatic carbocycles. The lowest BCUT2D eigenvalue weighted by Crippen LogP contribution is -2.30. The Hall–Kier alpha value is -1.94. The summed E-state index contributed by atoms with van der Waals surface area (Å²) in [5.41, 5.74) is 0. The van der Waals surface area contributed by atoms with Gasteiger partial charge in [-0.3, -0.25) is 37.3 Å². The van der Waals surface area contributed by atoms with Crippen LogP contribution >= 0.6 is 15.6 Å². The first kappa shape index (κ1) is 92.1. The maximum atomic E-state index is 13.1. The molecule has 0 rings (SSSR count). The zero-order chi connectivity index (χ0) is 69.6. The second-order valence-corrected chi connectivity index (χ2v) is 31.6. The molecule has 19 heteroatoms. The van der Waals surface area contributed by atoms with Gasteiger partial charge in [-0.15, -0.1) is 0 Å². The molecule has 94 heavy (non-hydrogen) atoms. The van der Waals surface area contributed by atoms with Crippen LogP contribution in [0.1, 0.15) is 376 Å². The number of phosphoric acid groups is 2. The van der Waals surface area contributed by atoms with Crippen molar-refractivity contribution in [3.8, 4) is 0 Å². The second kappa shape index (κ2) is 64.4. The van der Waals surface area contributed by atoms with E-state index in [9.17, 15) is 43.2 Å². The highest BCUT2D eigenvalue weighted by Crippen LogP contribution is 2.45. The Balaban J connectivity index is 5.17. The van der Waals surface area contributed by atoms with Crippen LogP contribution in [-0.4, -0.2) is 96.7 Å². The van der Waals surface area contributed by atoms with Gasteiger partial charge in [-0.05, 0) is 49.4 Å². The fourth-order valence-corrected chi connectivity index (χ4v) is 12.9. The molecule has 6 atom stereocenters. The van der Waals surface area contributed by atoms with Gasteiger partial charge in [-0.1, -0.05) is 325 Å². The summed E-state index contributed by atoms with van der Waals surface area (Å²) in [5, 5.41) is 10.6. The molecule has 0 spiro atoms. The molecule has 17 nitrogen and oxygen atoms in total. The molecule has 0 aromatic rings. The smallest absolute Gasteiger partial charge is 0.462 e. The van der Waals surface area contributed by atoms with E-state index in [1.807, 2.05) is 0 Å². The number of hydrogen-bond donors (Lipinski definition) is 3. The Labute approximate surface area is 575 Å². The lowest BCUT2D eigenvalue weighted by Gasteiger charge is -2.21. The predicted molar refractivity (Wildman–Crippen MR) is 381 cm³/mol. The van der Waals surface area contributed by atoms with E-state index in [4.69, 9.17) is 37.0 Å². The van der Waals surface area contributed by atoms with Gasteiger partial charge in [0.2, 0.25) is 0 Å². The second-order valence-electron chi connectivity index (χ2n) is 28.7. The fraction of sp³-hybridized carbons (Fsp3) is 0.947. The van der Waals surface area contributed by atoms with Gasteiger partial charge in [0.1, 0.15) is 19.3 Å². The molecule has 558 valence electrons. The maximum Gasteiger partial charge on any atom is 0.472 e. The average Bonchev–Trinajstić information content (AvgIpc) is 1.21. The molecular weight excluding hydrogens is 1230 g/mol. The lowest BCUT2D eigenvalue weighted by molar-refractivity contribution is -0.161. The summed E-state index contributed by atoms with van der Waals surface area (Å²) in [6, 6.07) is 0. The number of rotatable bonds is 72. The largest absolute Gasteiger partial charge is 0.472 e. The SMILES string of the molecule is CCC(C)CCCCCCCCCCCCCCCCCCCCC(=O)O[C@H](COC(=O)CCCCCCCCCCC(C)C)COP(=O)(O)OCC(O)COP(=O)(O)OC[C@@H](COC(=O)CCCCCCCCCC(C)C)OC(=O)CCCCCCCCCCC(C)C. The molecule has 3 N–H and O–H groups in total. The standard InChI is InChI=1S/C75H146O17P2/c1-9-68(8)54-46-38-30-20-18-16-14-12-10-11-13-15-17-19-21-32-41-49-57-74(79)91-70(61-85-72(77)55-47-39-31-24-22-27-35-43-51-65(2)3)63-89-93(81,82)87-59-69(76)60-88-94(83,84)90-64-71(62-86-73(78)56-48-40-34-26-29-37-45-53-67(6)7)92-75(80)58-50-42-33-25-23-28-36-44-52-66(4)5/h65-71,76H,9-64H2,1-8H3,(H,81,82)(H,83,84)/t68?,69?,70-,71-/m1/s1. The quantitative estimate of drug-likeness (QED) is 0.0222. The molecule has 0 fully saturated rings. The van der Waals surface area contributed by atoms with Crippen LogP contribution in [0.4, 0.5) is 0 Å². The van der Waals surface area contributed by atoms with Gasteiger partial charge in [-0.25, -0.2) is 9.13 Å². The number of hydrogen-bond acceptors (Lipinski definition) is 15. The van der Waals surface area contributed by atoms with E-state index >= 15 is 0 Å². The topological polar surface area (TPSA) is 237 Å². The molecule has 4 unspecified atom stereocenters. The van der Waals surface area contributed by atoms with E-state index in [-0.39, 0.29) is 25.7 Å². The summed E-state index contributed by atoms with van der Waals surface area (Å²) in [6.45, 7) is 14.1. The Morgan fingerprint density at radius 1 is 0.298 bits per heavy atom. The molecule has 0 aliphatic heterocycles. The third-order valence-corrected chi connectivity index (χ3v) is 19.6. The number of aliphatic hydroxyl groups excluding tert-OH is 1. The average molecular weight is 1380 g/mol. The normalized spacial score (nSPS) is 14.4. The van der Waals surface area contributed by atoms with E-state index < -0.39 is 97.5 Å². The number of aliphatic hydroxyl groups is 1. The van der Waals surface area contributed by atoms with Crippen molar-refractivity contribution in [1.29, 1.82) is 0 Å². The monoisotopic (exact) mass is 1380 g/mol. The summed E-state index contributed by atoms with van der Waals surface area (Å²) in [4.78, 5) is 72.7. The van der Waals surface area contributed by atoms with E-state index in [1.54, 1.807) is 0 Å². The van der Waals surface area contributed by atoms with Gasteiger partial charge >= 0.3 is 39.5 Å². The Morgan fingerprint density at radius 2 is 0.511 bits per heavy atom. The molecule has 0 radical (unpaired) electrons. The number of carbonyl (C=O) groups is 4. The molecule has 0 aromatic heterocycles. The highest BCUT2D eigenvalue weighted by atomic mass is 31.2. The minimum absolute atomic E-state index is 0.103. The Bertz CT molecular complexity index is 1850. The molecule has 0 aliphatic carbocycles. The van der Waals surface area contributed by atoms with Gasteiger partial charge in [0, 0.05) is 25.7 Å². The summed E-state index contributed by atoms with van der Waals surface area (Å²) in [7, 11) is -9.91. The minimum Gasteiger partial charge on any atom is -0.462 e. The van der Waals surface area contributed by atoms with Gasteiger partial charge in [0.25, 0.3) is 0 Å². The first-order valence-electron chi connectivity index (χ1n) is 38.7. The highest BCUT2D eigenvalue weighted by molar-refractivity contribution is 7.47. The molecule has 0 aliphatic rings. The van der Waals surface area contributed by atoms with Crippen molar-refractivity contribution in [3.05, 3.63) is 0 Å². The summed E-state index contributed by atoms with van der Waals surface area (Å²) < 4.78 is 68.4. The van der Waals surface area contributed by atoms with E-state index in [2.05, 4.69) is 55.4 Å². The van der Waals surface area contributed by atoms with E-state index in [0.29, 0.717) is 31.6 Å². The van der Waals surface area contributed by atoms with Crippen LogP contribution in [-0.2, 0) is 65.4 Å². The van der Waals surface area contributed by atoms with Crippen LogP contribution < -0.4 is 0 Å². The first-order chi connectivity index (χ1) is 45.1. The molecule has 0 heterocycles. The number of carbonyl (C=O) groups excluding carboxylic acids is 4. The molecule has 0 bridgehead atoms. The van der Waals surface area contributed by atoms with Gasteiger partial charge < -0.3 is 33.8 Å². The van der Waals surface area contributed by atoms with Crippen molar-refractivity contribution in [2.75, 3.05) is 39.6 Å². The summed E-state index contributed by atoms with van der Waals surface area (Å²) in [5.74, 6) is 0.894. The van der Waals surface area contributed by atoms with Gasteiger partial charge in [0.15, 0.2) is 12.2 Å². The van der Waals surface area contributed by atoms with Crippen LogP contribution in [0.25, 0.3) is 0 Å². The van der Waals surface area contributed by atoms with Crippen molar-refractivity contribution in [2.24, 2.45) is 23.7 Å². The van der Waals surface area contributed by atoms with Crippen LogP contribution in [0.5, 0.6) is 0 Å². The number of unbranched alkanes of at least 4 members (excludes halogenated alkanes) is 37. The number of esters is 4. The van der Waals surface area contributed by atoms with Gasteiger partial charge in [-0.2, -0.15) is 0 Å². The maximum absolute atomic E-state index is 13.1. The van der Waals surface area contributed by atoms with Crippen molar-refractivity contribution < 1.29 is 80.2 Å². The molecule has 0 saturated carbocycles. The first-order valence-corrected chi connectivity index (χ1v) is 41.7. The molecular formula is C75H146O17P2. The van der Waals surface area contributed by atoms with Gasteiger partial charge in [0.05, 0.1) is 26.4 Å². The van der Waals surface area contributed by atoms with Crippen molar-refractivity contribution in [1.82, 2.24) is 0 Å². The van der Waals surface area contributed by atoms with Crippen LogP contribution in [0.2, 0.25) is 0 Å². The summed E-state index contributed by atoms with van der Waals surface area (Å²) >= 11 is 0. The van der Waals surface area contributed by atoms with Crippen molar-refractivity contribution >= 4 is 39.5 Å². The fourth-order valence-electron chi connectivity index (χ4n) is 11.3. The molecule has 0 saturated heterocycles. The zero-order valence-electron chi connectivity index (χ0n) is 61.6. The van der Waals surface area contributed by atoms with Crippen molar-refractivity contribution in [2.45, 2.75) is 395 Å². The van der Waals surface area contributed by atoms with E-state index in [1.165, 1.54) is 173 Å². The highest BCUT2D eigenvalue weighted by Gasteiger charge is 2.30. The summed E-state index contributed by atoms with van der Waals surface area (Å²) in [6.07, 6.45) is 48.9. The Kier molecular flexibility index (Phi) is 63.1. The molecule has 0 amide bonds. The predicted octanol–water partition coefficient (Wildman–Crippen LogP) is 21.7. The van der Waals surface area contributed by atoms with Crippen molar-refractivity contribution in [3.63, 3.8) is 0 Å². The lowest BCUT2D eigenvalue weighted by atomic mass is 9.99. The van der Waals surface area contributed by atoms with Crippen LogP contribution in [0, 0.1) is 23.7 Å². The van der Waals surface area contributed by atoms with E-state index in [0.717, 1.165) is 114 Å². The Morgan fingerprint density at radius 3 is 0.755 bits per heavy atom. The minimum atomic E-state index is -4.96. The zero-order valence-corrected chi connectivity index (χ0v) is 63.4. The third kappa shape index (κ3) is 67.3. The van der Waals surface area contributed by atoms with Crippen LogP contribution in [0.15, 0.2) is 0 Å². The third-order valence-electron chi connectivity index (χ3n) is 17.7. The number of phosphoric ester groups is 2. The number of ether oxygens (including phenoxy) is 4. The van der Waals surface area contributed by atoms with Crippen LogP contribution in [0.3, 0.4) is 0 Å².